The molecule has 3 nitrogen and oxygen atoms in total. The van der Waals surface area contributed by atoms with Gasteiger partial charge >= 0.3 is 0 Å². The Bertz CT molecular complexity index is 424. The summed E-state index contributed by atoms with van der Waals surface area (Å²) in [5.74, 6) is 0.522. The van der Waals surface area contributed by atoms with Crippen molar-refractivity contribution in [1.82, 2.24) is 9.88 Å². The Hall–Kier alpha value is -0.940. The van der Waals surface area contributed by atoms with E-state index in [4.69, 9.17) is 0 Å². The van der Waals surface area contributed by atoms with Gasteiger partial charge in [0.15, 0.2) is 5.78 Å². The Labute approximate surface area is 125 Å². The first-order valence-electron chi connectivity index (χ1n) is 6.80. The monoisotopic (exact) mass is 298 g/mol. The van der Waals surface area contributed by atoms with Crippen LogP contribution in [-0.4, -0.2) is 47.3 Å². The molecule has 2 atom stereocenters. The Balaban J connectivity index is 2.54. The van der Waals surface area contributed by atoms with Crippen molar-refractivity contribution >= 4 is 17.5 Å². The van der Waals surface area contributed by atoms with E-state index >= 15 is 0 Å². The van der Waals surface area contributed by atoms with Crippen LogP contribution in [0.15, 0.2) is 18.3 Å². The van der Waals surface area contributed by atoms with Crippen LogP contribution in [0.5, 0.6) is 0 Å². The summed E-state index contributed by atoms with van der Waals surface area (Å²) >= 11 is 1.83. The standard InChI is InChI=1S/C15H23FN2OS/c1-11(10-18(3)12(2)7-8-20-4)15(19)14-6-5-13(16)9-17-14/h5-6,9,11-12H,7-8,10H2,1-4H3. The lowest BCUT2D eigenvalue weighted by atomic mass is 10.0. The summed E-state index contributed by atoms with van der Waals surface area (Å²) < 4.78 is 12.8. The fraction of sp³-hybridized carbons (Fsp3) is 0.600. The number of rotatable bonds is 8. The van der Waals surface area contributed by atoms with Crippen LogP contribution < -0.4 is 0 Å². The van der Waals surface area contributed by atoms with Crippen LogP contribution in [0.1, 0.15) is 30.8 Å². The summed E-state index contributed by atoms with van der Waals surface area (Å²) in [5, 5.41) is 0. The summed E-state index contributed by atoms with van der Waals surface area (Å²) in [6, 6.07) is 3.17. The zero-order chi connectivity index (χ0) is 15.1. The number of ketones is 1. The summed E-state index contributed by atoms with van der Waals surface area (Å²) in [6.07, 6.45) is 4.29. The first kappa shape index (κ1) is 17.1. The second-order valence-corrected chi connectivity index (χ2v) is 6.18. The zero-order valence-electron chi connectivity index (χ0n) is 12.6. The average Bonchev–Trinajstić information content (AvgIpc) is 2.44. The first-order valence-corrected chi connectivity index (χ1v) is 8.20. The molecule has 1 aromatic heterocycles. The van der Waals surface area contributed by atoms with Crippen molar-refractivity contribution in [1.29, 1.82) is 0 Å². The molecule has 0 spiro atoms. The van der Waals surface area contributed by atoms with E-state index in [2.05, 4.69) is 23.1 Å². The van der Waals surface area contributed by atoms with Crippen molar-refractivity contribution in [3.63, 3.8) is 0 Å². The minimum absolute atomic E-state index is 0.0334. The number of hydrogen-bond donors (Lipinski definition) is 0. The maximum atomic E-state index is 12.8. The molecule has 112 valence electrons. The van der Waals surface area contributed by atoms with E-state index in [1.807, 2.05) is 25.7 Å². The van der Waals surface area contributed by atoms with Crippen LogP contribution in [0, 0.1) is 11.7 Å². The van der Waals surface area contributed by atoms with E-state index in [1.54, 1.807) is 0 Å². The predicted molar refractivity (Wildman–Crippen MR) is 82.8 cm³/mol. The third kappa shape index (κ3) is 5.21. The van der Waals surface area contributed by atoms with Gasteiger partial charge in [-0.05, 0) is 44.5 Å². The molecule has 20 heavy (non-hydrogen) atoms. The minimum atomic E-state index is -0.419. The molecule has 0 N–H and O–H groups in total. The molecule has 1 rings (SSSR count). The van der Waals surface area contributed by atoms with Gasteiger partial charge in [0.1, 0.15) is 11.5 Å². The van der Waals surface area contributed by atoms with Crippen molar-refractivity contribution in [3.8, 4) is 0 Å². The molecule has 0 aliphatic carbocycles. The third-order valence-corrected chi connectivity index (χ3v) is 4.13. The number of Topliss-reactive ketones (excluding diaryl/α,β-unsaturated/α-hetero) is 1. The second kappa shape index (κ2) is 8.37. The molecule has 0 bridgehead atoms. The number of nitrogens with zero attached hydrogens (tertiary/aromatic N) is 2. The summed E-state index contributed by atoms with van der Waals surface area (Å²) in [5.41, 5.74) is 0.337. The number of aromatic nitrogens is 1. The van der Waals surface area contributed by atoms with Gasteiger partial charge < -0.3 is 4.90 Å². The van der Waals surface area contributed by atoms with Crippen molar-refractivity contribution < 1.29 is 9.18 Å². The minimum Gasteiger partial charge on any atom is -0.303 e. The highest BCUT2D eigenvalue weighted by Gasteiger charge is 2.20. The van der Waals surface area contributed by atoms with Crippen LogP contribution in [0.4, 0.5) is 4.39 Å². The molecule has 0 aliphatic heterocycles. The van der Waals surface area contributed by atoms with Gasteiger partial charge in [0.25, 0.3) is 0 Å². The van der Waals surface area contributed by atoms with Gasteiger partial charge in [0.2, 0.25) is 0 Å². The Kier molecular flexibility index (Phi) is 7.16. The molecule has 0 saturated carbocycles. The Morgan fingerprint density at radius 1 is 1.45 bits per heavy atom. The lowest BCUT2D eigenvalue weighted by molar-refractivity contribution is 0.0884. The molecular weight excluding hydrogens is 275 g/mol. The van der Waals surface area contributed by atoms with E-state index in [0.717, 1.165) is 18.4 Å². The van der Waals surface area contributed by atoms with Crippen LogP contribution >= 0.6 is 11.8 Å². The highest BCUT2D eigenvalue weighted by Crippen LogP contribution is 2.12. The summed E-state index contributed by atoms with van der Waals surface area (Å²) in [4.78, 5) is 18.3. The molecule has 5 heteroatoms. The zero-order valence-corrected chi connectivity index (χ0v) is 13.4. The van der Waals surface area contributed by atoms with Crippen LogP contribution in [-0.2, 0) is 0 Å². The number of halogens is 1. The summed E-state index contributed by atoms with van der Waals surface area (Å²) in [7, 11) is 2.03. The van der Waals surface area contributed by atoms with Crippen molar-refractivity contribution in [2.24, 2.45) is 5.92 Å². The van der Waals surface area contributed by atoms with E-state index in [9.17, 15) is 9.18 Å². The van der Waals surface area contributed by atoms with Gasteiger partial charge in [-0.15, -0.1) is 0 Å². The topological polar surface area (TPSA) is 33.2 Å². The van der Waals surface area contributed by atoms with E-state index in [-0.39, 0.29) is 11.7 Å². The van der Waals surface area contributed by atoms with E-state index in [0.29, 0.717) is 18.3 Å². The molecule has 2 unspecified atom stereocenters. The van der Waals surface area contributed by atoms with Gasteiger partial charge in [-0.2, -0.15) is 11.8 Å². The van der Waals surface area contributed by atoms with Gasteiger partial charge in [-0.25, -0.2) is 4.39 Å². The number of carbonyl (C=O) groups is 1. The number of thioether (sulfide) groups is 1. The van der Waals surface area contributed by atoms with Crippen molar-refractivity contribution in [2.45, 2.75) is 26.3 Å². The first-order chi connectivity index (χ1) is 9.45. The van der Waals surface area contributed by atoms with Gasteiger partial charge in [0, 0.05) is 18.5 Å². The average molecular weight is 298 g/mol. The quantitative estimate of drug-likeness (QED) is 0.691. The Morgan fingerprint density at radius 3 is 2.70 bits per heavy atom. The van der Waals surface area contributed by atoms with Gasteiger partial charge in [0.05, 0.1) is 6.20 Å². The SMILES string of the molecule is CSCCC(C)N(C)CC(C)C(=O)c1ccc(F)cn1. The predicted octanol–water partition coefficient (Wildman–Crippen LogP) is 3.11. The maximum Gasteiger partial charge on any atom is 0.185 e. The van der Waals surface area contributed by atoms with Crippen LogP contribution in [0.2, 0.25) is 0 Å². The molecule has 0 aromatic carbocycles. The second-order valence-electron chi connectivity index (χ2n) is 5.20. The maximum absolute atomic E-state index is 12.8. The molecule has 0 aliphatic rings. The molecular formula is C15H23FN2OS. The molecule has 0 saturated heterocycles. The fourth-order valence-corrected chi connectivity index (χ4v) is 2.55. The molecule has 1 heterocycles. The highest BCUT2D eigenvalue weighted by atomic mass is 32.2. The van der Waals surface area contributed by atoms with E-state index < -0.39 is 5.82 Å². The lowest BCUT2D eigenvalue weighted by Crippen LogP contribution is -2.35. The fourth-order valence-electron chi connectivity index (χ4n) is 1.98. The normalized spacial score (nSPS) is 14.3. The molecule has 1 aromatic rings. The van der Waals surface area contributed by atoms with E-state index in [1.165, 1.54) is 12.1 Å². The number of hydrogen-bond acceptors (Lipinski definition) is 4. The van der Waals surface area contributed by atoms with Crippen molar-refractivity contribution in [3.05, 3.63) is 29.8 Å². The number of pyridine rings is 1. The molecule has 0 fully saturated rings. The van der Waals surface area contributed by atoms with Gasteiger partial charge in [-0.1, -0.05) is 6.92 Å². The number of carbonyl (C=O) groups excluding carboxylic acids is 1. The van der Waals surface area contributed by atoms with Crippen LogP contribution in [0.3, 0.4) is 0 Å². The van der Waals surface area contributed by atoms with Crippen molar-refractivity contribution in [2.75, 3.05) is 25.6 Å². The molecule has 0 amide bonds. The smallest absolute Gasteiger partial charge is 0.185 e. The Morgan fingerprint density at radius 2 is 2.15 bits per heavy atom. The summed E-state index contributed by atoms with van der Waals surface area (Å²) in [6.45, 7) is 4.75. The highest BCUT2D eigenvalue weighted by molar-refractivity contribution is 7.98. The third-order valence-electron chi connectivity index (χ3n) is 3.48. The lowest BCUT2D eigenvalue weighted by Gasteiger charge is -2.26. The van der Waals surface area contributed by atoms with Gasteiger partial charge in [-0.3, -0.25) is 9.78 Å². The largest absolute Gasteiger partial charge is 0.303 e. The van der Waals surface area contributed by atoms with Crippen LogP contribution in [0.25, 0.3) is 0 Å². The molecule has 0 radical (unpaired) electrons.